The van der Waals surface area contributed by atoms with Gasteiger partial charge in [-0.1, -0.05) is 18.2 Å². The molecule has 3 nitrogen and oxygen atoms in total. The lowest BCUT2D eigenvalue weighted by molar-refractivity contribution is -0.140. The van der Waals surface area contributed by atoms with Gasteiger partial charge in [-0.25, -0.2) is 0 Å². The van der Waals surface area contributed by atoms with Gasteiger partial charge in [-0.2, -0.15) is 0 Å². The van der Waals surface area contributed by atoms with Gasteiger partial charge in [0, 0.05) is 0 Å². The van der Waals surface area contributed by atoms with Crippen LogP contribution in [0.2, 0.25) is 0 Å². The van der Waals surface area contributed by atoms with E-state index in [9.17, 15) is 4.79 Å². The van der Waals surface area contributed by atoms with Gasteiger partial charge in [0.1, 0.15) is 11.4 Å². The molecule has 3 heteroatoms. The molecule has 0 radical (unpaired) electrons. The van der Waals surface area contributed by atoms with Gasteiger partial charge < -0.3 is 9.84 Å². The Kier molecular flexibility index (Phi) is 3.58. The van der Waals surface area contributed by atoms with Gasteiger partial charge in [0.15, 0.2) is 0 Å². The second-order valence-corrected chi connectivity index (χ2v) is 4.65. The van der Waals surface area contributed by atoms with Crippen LogP contribution < -0.4 is 4.74 Å². The molecule has 0 amide bonds. The van der Waals surface area contributed by atoms with Crippen LogP contribution in [0.15, 0.2) is 18.2 Å². The lowest BCUT2D eigenvalue weighted by Crippen LogP contribution is -2.31. The Morgan fingerprint density at radius 3 is 2.25 bits per heavy atom. The largest absolute Gasteiger partial charge is 0.487 e. The highest BCUT2D eigenvalue weighted by atomic mass is 16.5. The molecule has 0 saturated heterocycles. The molecule has 1 aromatic carbocycles. The van der Waals surface area contributed by atoms with E-state index in [1.807, 2.05) is 32.0 Å². The predicted octanol–water partition coefficient (Wildman–Crippen LogP) is 2.94. The Labute approximate surface area is 96.1 Å². The molecule has 0 spiro atoms. The maximum absolute atomic E-state index is 10.7. The van der Waals surface area contributed by atoms with Gasteiger partial charge in [-0.05, 0) is 38.8 Å². The van der Waals surface area contributed by atoms with E-state index in [2.05, 4.69) is 0 Å². The number of aliphatic carboxylic acids is 1. The van der Waals surface area contributed by atoms with Crippen molar-refractivity contribution in [2.75, 3.05) is 0 Å². The zero-order chi connectivity index (χ0) is 12.3. The van der Waals surface area contributed by atoms with Crippen LogP contribution in [0.1, 0.15) is 31.4 Å². The van der Waals surface area contributed by atoms with Crippen LogP contribution in [0.5, 0.6) is 5.75 Å². The number of hydrogen-bond donors (Lipinski definition) is 1. The Morgan fingerprint density at radius 2 is 1.81 bits per heavy atom. The topological polar surface area (TPSA) is 46.5 Å². The first kappa shape index (κ1) is 12.6. The fourth-order valence-electron chi connectivity index (χ4n) is 1.64. The summed E-state index contributed by atoms with van der Waals surface area (Å²) in [4.78, 5) is 10.7. The maximum Gasteiger partial charge on any atom is 0.307 e. The fraction of sp³-hybridized carbons (Fsp3) is 0.462. The van der Waals surface area contributed by atoms with Crippen LogP contribution in [0, 0.1) is 13.8 Å². The summed E-state index contributed by atoms with van der Waals surface area (Å²) in [6.07, 6.45) is -0.0131. The van der Waals surface area contributed by atoms with Crippen molar-refractivity contribution in [3.63, 3.8) is 0 Å². The van der Waals surface area contributed by atoms with Crippen LogP contribution in [-0.2, 0) is 4.79 Å². The van der Waals surface area contributed by atoms with E-state index >= 15 is 0 Å². The normalized spacial score (nSPS) is 11.2. The molecule has 88 valence electrons. The Hall–Kier alpha value is -1.51. The number of rotatable bonds is 4. The van der Waals surface area contributed by atoms with E-state index < -0.39 is 11.6 Å². The van der Waals surface area contributed by atoms with Crippen molar-refractivity contribution in [3.05, 3.63) is 29.3 Å². The van der Waals surface area contributed by atoms with E-state index in [1.54, 1.807) is 13.8 Å². The standard InChI is InChI=1S/C13H18O3/c1-9-6-5-7-10(2)12(9)16-13(3,4)8-11(14)15/h5-7H,8H2,1-4H3,(H,14,15). The summed E-state index contributed by atoms with van der Waals surface area (Å²) < 4.78 is 5.79. The van der Waals surface area contributed by atoms with Crippen LogP contribution in [-0.4, -0.2) is 16.7 Å². The van der Waals surface area contributed by atoms with Crippen molar-refractivity contribution in [3.8, 4) is 5.75 Å². The summed E-state index contributed by atoms with van der Waals surface area (Å²) in [5.74, 6) is -0.0648. The van der Waals surface area contributed by atoms with Crippen molar-refractivity contribution in [2.45, 2.75) is 39.7 Å². The Morgan fingerprint density at radius 1 is 1.31 bits per heavy atom. The van der Waals surface area contributed by atoms with Crippen LogP contribution in [0.25, 0.3) is 0 Å². The number of hydrogen-bond acceptors (Lipinski definition) is 2. The van der Waals surface area contributed by atoms with Crippen molar-refractivity contribution < 1.29 is 14.6 Å². The number of carbonyl (C=O) groups is 1. The molecule has 1 rings (SSSR count). The maximum atomic E-state index is 10.7. The molecule has 0 unspecified atom stereocenters. The average molecular weight is 222 g/mol. The minimum Gasteiger partial charge on any atom is -0.487 e. The van der Waals surface area contributed by atoms with Gasteiger partial charge in [0.25, 0.3) is 0 Å². The molecule has 0 aliphatic carbocycles. The summed E-state index contributed by atoms with van der Waals surface area (Å²) in [6.45, 7) is 7.48. The summed E-state index contributed by atoms with van der Waals surface area (Å²) >= 11 is 0. The molecule has 0 bridgehead atoms. The molecule has 0 saturated carbocycles. The number of ether oxygens (including phenoxy) is 1. The number of benzene rings is 1. The second kappa shape index (κ2) is 4.56. The highest BCUT2D eigenvalue weighted by Gasteiger charge is 2.24. The van der Waals surface area contributed by atoms with Crippen LogP contribution in [0.4, 0.5) is 0 Å². The minimum atomic E-state index is -0.851. The summed E-state index contributed by atoms with van der Waals surface area (Å²) in [5, 5.41) is 8.79. The number of aryl methyl sites for hydroxylation is 2. The molecular weight excluding hydrogens is 204 g/mol. The van der Waals surface area contributed by atoms with E-state index in [4.69, 9.17) is 9.84 Å². The van der Waals surface area contributed by atoms with Crippen molar-refractivity contribution in [2.24, 2.45) is 0 Å². The van der Waals surface area contributed by atoms with Crippen LogP contribution >= 0.6 is 0 Å². The molecule has 16 heavy (non-hydrogen) atoms. The molecule has 0 heterocycles. The number of carboxylic acid groups (broad SMARTS) is 1. The average Bonchev–Trinajstić information content (AvgIpc) is 2.09. The minimum absolute atomic E-state index is 0.0131. The van der Waals surface area contributed by atoms with Gasteiger partial charge in [0.05, 0.1) is 6.42 Å². The molecule has 1 N–H and O–H groups in total. The number of para-hydroxylation sites is 1. The lowest BCUT2D eigenvalue weighted by Gasteiger charge is -2.26. The summed E-state index contributed by atoms with van der Waals surface area (Å²) in [5.41, 5.74) is 1.36. The van der Waals surface area contributed by atoms with E-state index in [0.29, 0.717) is 0 Å². The molecule has 0 aromatic heterocycles. The monoisotopic (exact) mass is 222 g/mol. The quantitative estimate of drug-likeness (QED) is 0.852. The van der Waals surface area contributed by atoms with Gasteiger partial charge in [-0.15, -0.1) is 0 Å². The van der Waals surface area contributed by atoms with Crippen molar-refractivity contribution in [1.29, 1.82) is 0 Å². The number of carboxylic acids is 1. The molecule has 0 aliphatic rings. The second-order valence-electron chi connectivity index (χ2n) is 4.65. The molecule has 1 aromatic rings. The zero-order valence-electron chi connectivity index (χ0n) is 10.2. The highest BCUT2D eigenvalue weighted by molar-refractivity contribution is 5.68. The molecule has 0 atom stereocenters. The smallest absolute Gasteiger partial charge is 0.307 e. The summed E-state index contributed by atoms with van der Waals surface area (Å²) in [7, 11) is 0. The van der Waals surface area contributed by atoms with Crippen molar-refractivity contribution >= 4 is 5.97 Å². The van der Waals surface area contributed by atoms with E-state index in [1.165, 1.54) is 0 Å². The van der Waals surface area contributed by atoms with Gasteiger partial charge in [0.2, 0.25) is 0 Å². The lowest BCUT2D eigenvalue weighted by atomic mass is 10.0. The molecule has 0 fully saturated rings. The predicted molar refractivity (Wildman–Crippen MR) is 62.9 cm³/mol. The SMILES string of the molecule is Cc1cccc(C)c1OC(C)(C)CC(=O)O. The summed E-state index contributed by atoms with van der Waals surface area (Å²) in [6, 6.07) is 5.88. The van der Waals surface area contributed by atoms with Gasteiger partial charge in [-0.3, -0.25) is 4.79 Å². The van der Waals surface area contributed by atoms with Crippen LogP contribution in [0.3, 0.4) is 0 Å². The Balaban J connectivity index is 2.91. The third kappa shape index (κ3) is 3.26. The Bertz CT molecular complexity index is 374. The fourth-order valence-corrected chi connectivity index (χ4v) is 1.64. The van der Waals surface area contributed by atoms with Gasteiger partial charge >= 0.3 is 5.97 Å². The van der Waals surface area contributed by atoms with E-state index in [-0.39, 0.29) is 6.42 Å². The molecule has 0 aliphatic heterocycles. The first-order valence-electron chi connectivity index (χ1n) is 5.29. The third-order valence-corrected chi connectivity index (χ3v) is 2.36. The first-order valence-corrected chi connectivity index (χ1v) is 5.29. The highest BCUT2D eigenvalue weighted by Crippen LogP contribution is 2.28. The molecular formula is C13H18O3. The van der Waals surface area contributed by atoms with E-state index in [0.717, 1.165) is 16.9 Å². The third-order valence-electron chi connectivity index (χ3n) is 2.36. The zero-order valence-corrected chi connectivity index (χ0v) is 10.2. The first-order chi connectivity index (χ1) is 7.32. The van der Waals surface area contributed by atoms with Crippen molar-refractivity contribution in [1.82, 2.24) is 0 Å².